The van der Waals surface area contributed by atoms with E-state index in [9.17, 15) is 14.4 Å². The van der Waals surface area contributed by atoms with E-state index in [1.54, 1.807) is 0 Å². The first-order chi connectivity index (χ1) is 7.37. The highest BCUT2D eigenvalue weighted by molar-refractivity contribution is 5.87. The average molecular weight is 231 g/mol. The quantitative estimate of drug-likeness (QED) is 0.381. The molecule has 0 bridgehead atoms. The van der Waals surface area contributed by atoms with Crippen LogP contribution in [0.1, 0.15) is 20.3 Å². The zero-order chi connectivity index (χ0) is 12.8. The Balaban J connectivity index is 4.41. The maximum absolute atomic E-state index is 11.4. The number of carbonyl (C=O) groups excluding carboxylic acids is 3. The number of esters is 2. The van der Waals surface area contributed by atoms with Gasteiger partial charge in [0.15, 0.2) is 0 Å². The molecule has 92 valence electrons. The second-order valence-electron chi connectivity index (χ2n) is 3.81. The van der Waals surface area contributed by atoms with Crippen LogP contribution in [0.25, 0.3) is 0 Å². The zero-order valence-corrected chi connectivity index (χ0v) is 9.69. The van der Waals surface area contributed by atoms with Crippen LogP contribution in [0.4, 0.5) is 0 Å². The van der Waals surface area contributed by atoms with Crippen LogP contribution < -0.4 is 5.73 Å². The molecule has 0 fully saturated rings. The van der Waals surface area contributed by atoms with Gasteiger partial charge >= 0.3 is 11.9 Å². The second-order valence-corrected chi connectivity index (χ2v) is 3.81. The molecular weight excluding hydrogens is 214 g/mol. The summed E-state index contributed by atoms with van der Waals surface area (Å²) in [7, 11) is 1.22. The van der Waals surface area contributed by atoms with Crippen molar-refractivity contribution in [1.82, 2.24) is 0 Å². The van der Waals surface area contributed by atoms with E-state index in [1.165, 1.54) is 21.0 Å². The number of rotatable bonds is 6. The molecule has 1 atom stereocenters. The van der Waals surface area contributed by atoms with Gasteiger partial charge in [0, 0.05) is 6.42 Å². The summed E-state index contributed by atoms with van der Waals surface area (Å²) in [6.07, 6.45) is 0.737. The minimum absolute atomic E-state index is 0.0344. The van der Waals surface area contributed by atoms with Crippen molar-refractivity contribution in [3.63, 3.8) is 0 Å². The minimum Gasteiger partial charge on any atom is -0.469 e. The first-order valence-electron chi connectivity index (χ1n) is 4.82. The van der Waals surface area contributed by atoms with Crippen molar-refractivity contribution >= 4 is 18.2 Å². The van der Waals surface area contributed by atoms with Gasteiger partial charge in [0.05, 0.1) is 19.1 Å². The van der Waals surface area contributed by atoms with Crippen LogP contribution in [0.2, 0.25) is 0 Å². The molecule has 2 N–H and O–H groups in total. The molecule has 0 saturated heterocycles. The van der Waals surface area contributed by atoms with Crippen molar-refractivity contribution in [3.8, 4) is 0 Å². The zero-order valence-electron chi connectivity index (χ0n) is 9.69. The lowest BCUT2D eigenvalue weighted by Crippen LogP contribution is -2.49. The fraction of sp³-hybridized carbons (Fsp3) is 0.700. The monoisotopic (exact) mass is 231 g/mol. The van der Waals surface area contributed by atoms with Crippen LogP contribution in [0.3, 0.4) is 0 Å². The topological polar surface area (TPSA) is 95.7 Å². The Bertz CT molecular complexity index is 274. The van der Waals surface area contributed by atoms with E-state index < -0.39 is 23.4 Å². The highest BCUT2D eigenvalue weighted by Crippen LogP contribution is 2.21. The van der Waals surface area contributed by atoms with Crippen molar-refractivity contribution in [1.29, 1.82) is 0 Å². The molecule has 6 heteroatoms. The third-order valence-electron chi connectivity index (χ3n) is 2.22. The predicted molar refractivity (Wildman–Crippen MR) is 55.4 cm³/mol. The summed E-state index contributed by atoms with van der Waals surface area (Å²) in [5.74, 6) is -1.32. The molecule has 0 aromatic carbocycles. The van der Waals surface area contributed by atoms with E-state index in [2.05, 4.69) is 4.74 Å². The number of hydrogen-bond donors (Lipinski definition) is 1. The molecule has 0 aliphatic heterocycles. The molecule has 6 nitrogen and oxygen atoms in total. The lowest BCUT2D eigenvalue weighted by Gasteiger charge is -2.26. The third-order valence-corrected chi connectivity index (χ3v) is 2.22. The summed E-state index contributed by atoms with van der Waals surface area (Å²) in [6.45, 7) is 2.95. The van der Waals surface area contributed by atoms with E-state index in [1.807, 2.05) is 0 Å². The van der Waals surface area contributed by atoms with Gasteiger partial charge in [-0.05, 0) is 13.8 Å². The molecular formula is C10H17NO5. The third kappa shape index (κ3) is 3.62. The Morgan fingerprint density at radius 2 is 2.00 bits per heavy atom. The van der Waals surface area contributed by atoms with Gasteiger partial charge in [0.2, 0.25) is 0 Å². The molecule has 0 radical (unpaired) electrons. The summed E-state index contributed by atoms with van der Waals surface area (Å²) in [4.78, 5) is 32.8. The molecule has 0 saturated carbocycles. The summed E-state index contributed by atoms with van der Waals surface area (Å²) >= 11 is 0. The molecule has 0 spiro atoms. The molecule has 0 amide bonds. The smallest absolute Gasteiger partial charge is 0.324 e. The normalized spacial score (nSPS) is 12.8. The maximum atomic E-state index is 11.4. The van der Waals surface area contributed by atoms with Gasteiger partial charge in [0.1, 0.15) is 12.3 Å². The summed E-state index contributed by atoms with van der Waals surface area (Å²) in [6, 6.07) is -1.12. The van der Waals surface area contributed by atoms with Gasteiger partial charge in [-0.3, -0.25) is 9.59 Å². The molecule has 0 rings (SSSR count). The Morgan fingerprint density at radius 3 is 2.44 bits per heavy atom. The van der Waals surface area contributed by atoms with Crippen molar-refractivity contribution in [2.24, 2.45) is 11.1 Å². The van der Waals surface area contributed by atoms with Gasteiger partial charge in [-0.15, -0.1) is 0 Å². The Kier molecular flexibility index (Phi) is 5.66. The van der Waals surface area contributed by atoms with Gasteiger partial charge in [-0.25, -0.2) is 0 Å². The van der Waals surface area contributed by atoms with Crippen molar-refractivity contribution in [3.05, 3.63) is 0 Å². The van der Waals surface area contributed by atoms with E-state index in [4.69, 9.17) is 10.5 Å². The van der Waals surface area contributed by atoms with Crippen LogP contribution in [0.15, 0.2) is 0 Å². The fourth-order valence-corrected chi connectivity index (χ4v) is 0.982. The van der Waals surface area contributed by atoms with Gasteiger partial charge < -0.3 is 20.0 Å². The predicted octanol–water partition coefficient (Wildman–Crippen LogP) is -0.355. The second kappa shape index (κ2) is 6.22. The number of ether oxygens (including phenoxy) is 2. The molecule has 0 aromatic rings. The molecule has 0 aromatic heterocycles. The van der Waals surface area contributed by atoms with E-state index in [0.29, 0.717) is 6.29 Å². The SMILES string of the molecule is COC(=O)C(C)(C)[C@H](N)C(=O)OCCC=O. The Morgan fingerprint density at radius 1 is 1.44 bits per heavy atom. The van der Waals surface area contributed by atoms with Crippen molar-refractivity contribution in [2.75, 3.05) is 13.7 Å². The average Bonchev–Trinajstić information content (AvgIpc) is 2.26. The number of aldehydes is 1. The van der Waals surface area contributed by atoms with E-state index >= 15 is 0 Å². The molecule has 16 heavy (non-hydrogen) atoms. The minimum atomic E-state index is -1.16. The summed E-state index contributed by atoms with van der Waals surface area (Å²) < 4.78 is 9.25. The first kappa shape index (κ1) is 14.6. The summed E-state index contributed by atoms with van der Waals surface area (Å²) in [5.41, 5.74) is 4.43. The molecule has 0 aliphatic rings. The van der Waals surface area contributed by atoms with Crippen LogP contribution in [0.5, 0.6) is 0 Å². The molecule has 0 aliphatic carbocycles. The maximum Gasteiger partial charge on any atom is 0.324 e. The van der Waals surface area contributed by atoms with E-state index in [-0.39, 0.29) is 13.0 Å². The van der Waals surface area contributed by atoms with Gasteiger partial charge in [-0.1, -0.05) is 0 Å². The number of carbonyl (C=O) groups is 3. The number of hydrogen-bond acceptors (Lipinski definition) is 6. The van der Waals surface area contributed by atoms with Crippen LogP contribution in [0, 0.1) is 5.41 Å². The van der Waals surface area contributed by atoms with Crippen molar-refractivity contribution < 1.29 is 23.9 Å². The molecule has 0 heterocycles. The highest BCUT2D eigenvalue weighted by Gasteiger charge is 2.40. The number of nitrogens with two attached hydrogens (primary N) is 1. The lowest BCUT2D eigenvalue weighted by atomic mass is 9.85. The fourth-order valence-electron chi connectivity index (χ4n) is 0.982. The number of methoxy groups -OCH3 is 1. The van der Waals surface area contributed by atoms with Crippen LogP contribution in [-0.2, 0) is 23.9 Å². The van der Waals surface area contributed by atoms with Crippen molar-refractivity contribution in [2.45, 2.75) is 26.3 Å². The van der Waals surface area contributed by atoms with Crippen LogP contribution >= 0.6 is 0 Å². The largest absolute Gasteiger partial charge is 0.469 e. The van der Waals surface area contributed by atoms with E-state index in [0.717, 1.165) is 0 Å². The Hall–Kier alpha value is -1.43. The van der Waals surface area contributed by atoms with Gasteiger partial charge in [0.25, 0.3) is 0 Å². The summed E-state index contributed by atoms with van der Waals surface area (Å²) in [5, 5.41) is 0. The lowest BCUT2D eigenvalue weighted by molar-refractivity contribution is -0.160. The Labute approximate surface area is 94.1 Å². The first-order valence-corrected chi connectivity index (χ1v) is 4.82. The van der Waals surface area contributed by atoms with Crippen LogP contribution in [-0.4, -0.2) is 38.0 Å². The standard InChI is InChI=1S/C10H17NO5/c1-10(2,9(14)15-3)7(11)8(13)16-6-4-5-12/h5,7H,4,6,11H2,1-3H3/t7-/m1/s1. The highest BCUT2D eigenvalue weighted by atomic mass is 16.5. The van der Waals surface area contributed by atoms with Gasteiger partial charge in [-0.2, -0.15) is 0 Å². The molecule has 0 unspecified atom stereocenters.